The molecule has 120 valence electrons. The number of aliphatic hydroxyl groups is 1. The lowest BCUT2D eigenvalue weighted by molar-refractivity contribution is -0.122. The van der Waals surface area contributed by atoms with Gasteiger partial charge in [0.25, 0.3) is 0 Å². The van der Waals surface area contributed by atoms with Crippen molar-refractivity contribution < 1.29 is 9.90 Å². The van der Waals surface area contributed by atoms with Crippen molar-refractivity contribution >= 4 is 17.7 Å². The smallest absolute Gasteiger partial charge is 0.228 e. The average molecular weight is 327 g/mol. The minimum atomic E-state index is -0.0865. The minimum absolute atomic E-state index is 0.0476. The monoisotopic (exact) mass is 327 g/mol. The van der Waals surface area contributed by atoms with E-state index < -0.39 is 0 Å². The molecule has 0 spiro atoms. The second-order valence-electron chi connectivity index (χ2n) is 5.74. The molecule has 2 unspecified atom stereocenters. The number of hydrogen-bond acceptors (Lipinski definition) is 3. The van der Waals surface area contributed by atoms with Crippen LogP contribution in [0.5, 0.6) is 0 Å². The predicted octanol–water partition coefficient (Wildman–Crippen LogP) is 3.51. The number of thioether (sulfide) groups is 1. The van der Waals surface area contributed by atoms with E-state index in [0.29, 0.717) is 6.42 Å². The van der Waals surface area contributed by atoms with Crippen LogP contribution in [0.15, 0.2) is 59.5 Å². The second kappa shape index (κ2) is 7.66. The second-order valence-corrected chi connectivity index (χ2v) is 6.80. The van der Waals surface area contributed by atoms with Crippen LogP contribution in [0.2, 0.25) is 0 Å². The first-order chi connectivity index (χ1) is 11.3. The van der Waals surface area contributed by atoms with Gasteiger partial charge in [0.1, 0.15) is 0 Å². The first-order valence-corrected chi connectivity index (χ1v) is 8.96. The first-order valence-electron chi connectivity index (χ1n) is 7.97. The van der Waals surface area contributed by atoms with Crippen LogP contribution >= 0.6 is 11.8 Å². The van der Waals surface area contributed by atoms with E-state index in [4.69, 9.17) is 5.11 Å². The Hall–Kier alpha value is -1.78. The lowest BCUT2D eigenvalue weighted by atomic mass is 9.97. The molecule has 0 bridgehead atoms. The van der Waals surface area contributed by atoms with Crippen molar-refractivity contribution in [2.45, 2.75) is 29.7 Å². The van der Waals surface area contributed by atoms with Crippen LogP contribution in [-0.2, 0) is 4.79 Å². The number of benzene rings is 2. The largest absolute Gasteiger partial charge is 0.396 e. The molecule has 0 aromatic heterocycles. The van der Waals surface area contributed by atoms with E-state index in [-0.39, 0.29) is 24.5 Å². The molecule has 2 N–H and O–H groups in total. The van der Waals surface area contributed by atoms with Crippen molar-refractivity contribution in [2.24, 2.45) is 0 Å². The number of carbonyl (C=O) groups is 1. The Morgan fingerprint density at radius 2 is 1.91 bits per heavy atom. The average Bonchev–Trinajstić information content (AvgIpc) is 3.03. The Labute approximate surface area is 141 Å². The summed E-state index contributed by atoms with van der Waals surface area (Å²) in [6.45, 7) is 0.140. The van der Waals surface area contributed by atoms with Gasteiger partial charge in [-0.05, 0) is 30.0 Å². The summed E-state index contributed by atoms with van der Waals surface area (Å²) in [5.74, 6) is 0.790. The van der Waals surface area contributed by atoms with Crippen LogP contribution in [0.25, 0.3) is 0 Å². The van der Waals surface area contributed by atoms with Gasteiger partial charge in [0.05, 0.1) is 12.0 Å². The maximum atomic E-state index is 12.8. The SMILES string of the molecule is O=C(NC(CCCO)c1ccccc1)C1CSc2ccccc21. The highest BCUT2D eigenvalue weighted by atomic mass is 32.2. The highest BCUT2D eigenvalue weighted by Crippen LogP contribution is 2.39. The Balaban J connectivity index is 1.74. The molecule has 3 rings (SSSR count). The van der Waals surface area contributed by atoms with Gasteiger partial charge in [-0.1, -0.05) is 48.5 Å². The van der Waals surface area contributed by atoms with Crippen molar-refractivity contribution in [3.8, 4) is 0 Å². The van der Waals surface area contributed by atoms with E-state index in [9.17, 15) is 4.79 Å². The summed E-state index contributed by atoms with van der Waals surface area (Å²) in [7, 11) is 0. The molecule has 1 heterocycles. The van der Waals surface area contributed by atoms with Gasteiger partial charge in [0.2, 0.25) is 5.91 Å². The molecule has 1 aliphatic rings. The summed E-state index contributed by atoms with van der Waals surface area (Å²) < 4.78 is 0. The van der Waals surface area contributed by atoms with Crippen LogP contribution in [0.1, 0.15) is 35.9 Å². The minimum Gasteiger partial charge on any atom is -0.396 e. The van der Waals surface area contributed by atoms with Gasteiger partial charge in [-0.25, -0.2) is 0 Å². The lowest BCUT2D eigenvalue weighted by Gasteiger charge is -2.21. The van der Waals surface area contributed by atoms with E-state index in [0.717, 1.165) is 23.3 Å². The molecule has 2 aromatic rings. The molecular formula is C19H21NO2S. The number of aliphatic hydroxyl groups excluding tert-OH is 1. The quantitative estimate of drug-likeness (QED) is 0.854. The maximum absolute atomic E-state index is 12.8. The van der Waals surface area contributed by atoms with Crippen LogP contribution in [-0.4, -0.2) is 23.4 Å². The summed E-state index contributed by atoms with van der Waals surface area (Å²) in [4.78, 5) is 14.0. The fourth-order valence-electron chi connectivity index (χ4n) is 2.95. The molecule has 0 saturated heterocycles. The zero-order chi connectivity index (χ0) is 16.1. The molecule has 1 amide bonds. The number of rotatable bonds is 6. The fourth-order valence-corrected chi connectivity index (χ4v) is 4.18. The van der Waals surface area contributed by atoms with Crippen LogP contribution in [0, 0.1) is 0 Å². The van der Waals surface area contributed by atoms with E-state index in [1.807, 2.05) is 48.5 Å². The molecule has 4 heteroatoms. The van der Waals surface area contributed by atoms with Crippen molar-refractivity contribution in [1.82, 2.24) is 5.32 Å². The summed E-state index contributed by atoms with van der Waals surface area (Å²) >= 11 is 1.74. The molecular weight excluding hydrogens is 306 g/mol. The topological polar surface area (TPSA) is 49.3 Å². The molecule has 23 heavy (non-hydrogen) atoms. The number of amides is 1. The van der Waals surface area contributed by atoms with Gasteiger partial charge >= 0.3 is 0 Å². The van der Waals surface area contributed by atoms with Gasteiger partial charge in [-0.3, -0.25) is 4.79 Å². The normalized spacial score (nSPS) is 17.5. The number of carbonyl (C=O) groups excluding carboxylic acids is 1. The third-order valence-corrected chi connectivity index (χ3v) is 5.37. The molecule has 0 saturated carbocycles. The van der Waals surface area contributed by atoms with Crippen LogP contribution in [0.3, 0.4) is 0 Å². The number of nitrogens with one attached hydrogen (secondary N) is 1. The summed E-state index contributed by atoms with van der Waals surface area (Å²) in [6, 6.07) is 18.1. The zero-order valence-electron chi connectivity index (χ0n) is 12.9. The highest BCUT2D eigenvalue weighted by Gasteiger charge is 2.30. The van der Waals surface area contributed by atoms with Crippen LogP contribution in [0.4, 0.5) is 0 Å². The Morgan fingerprint density at radius 1 is 1.17 bits per heavy atom. The molecule has 0 aliphatic carbocycles. The lowest BCUT2D eigenvalue weighted by Crippen LogP contribution is -2.33. The van der Waals surface area contributed by atoms with E-state index >= 15 is 0 Å². The van der Waals surface area contributed by atoms with Gasteiger partial charge in [-0.15, -0.1) is 11.8 Å². The van der Waals surface area contributed by atoms with Crippen molar-refractivity contribution in [3.63, 3.8) is 0 Å². The third-order valence-electron chi connectivity index (χ3n) is 4.19. The Morgan fingerprint density at radius 3 is 2.70 bits per heavy atom. The van der Waals surface area contributed by atoms with Gasteiger partial charge in [0.15, 0.2) is 0 Å². The Bertz CT molecular complexity index is 659. The maximum Gasteiger partial charge on any atom is 0.228 e. The first kappa shape index (κ1) is 16.1. The molecule has 2 aromatic carbocycles. The van der Waals surface area contributed by atoms with E-state index in [1.54, 1.807) is 11.8 Å². The molecule has 0 fully saturated rings. The van der Waals surface area contributed by atoms with Crippen molar-refractivity contribution in [2.75, 3.05) is 12.4 Å². The standard InChI is InChI=1S/C19H21NO2S/c21-12-6-10-17(14-7-2-1-3-8-14)20-19(22)16-13-23-18-11-5-4-9-15(16)18/h1-5,7-9,11,16-17,21H,6,10,12-13H2,(H,20,22). The molecule has 1 aliphatic heterocycles. The summed E-state index contributed by atoms with van der Waals surface area (Å²) in [6.07, 6.45) is 1.42. The molecule has 2 atom stereocenters. The fraction of sp³-hybridized carbons (Fsp3) is 0.316. The van der Waals surface area contributed by atoms with Crippen molar-refractivity contribution in [3.05, 3.63) is 65.7 Å². The van der Waals surface area contributed by atoms with Crippen LogP contribution < -0.4 is 5.32 Å². The van der Waals surface area contributed by atoms with Gasteiger partial charge in [-0.2, -0.15) is 0 Å². The predicted molar refractivity (Wildman–Crippen MR) is 93.6 cm³/mol. The van der Waals surface area contributed by atoms with Gasteiger partial charge in [0, 0.05) is 17.3 Å². The highest BCUT2D eigenvalue weighted by molar-refractivity contribution is 7.99. The van der Waals surface area contributed by atoms with Crippen molar-refractivity contribution in [1.29, 1.82) is 0 Å². The third kappa shape index (κ3) is 3.77. The Kier molecular flexibility index (Phi) is 5.36. The van der Waals surface area contributed by atoms with E-state index in [2.05, 4.69) is 11.4 Å². The number of fused-ring (bicyclic) bond motifs is 1. The molecule has 3 nitrogen and oxygen atoms in total. The summed E-state index contributed by atoms with van der Waals surface area (Å²) in [5.41, 5.74) is 2.22. The molecule has 0 radical (unpaired) electrons. The summed E-state index contributed by atoms with van der Waals surface area (Å²) in [5, 5.41) is 12.3. The van der Waals surface area contributed by atoms with Gasteiger partial charge < -0.3 is 10.4 Å². The van der Waals surface area contributed by atoms with E-state index in [1.165, 1.54) is 4.90 Å². The number of hydrogen-bond donors (Lipinski definition) is 2. The zero-order valence-corrected chi connectivity index (χ0v) is 13.8.